The Morgan fingerprint density at radius 2 is 1.52 bits per heavy atom. The molecular weight excluding hydrogens is 338 g/mol. The summed E-state index contributed by atoms with van der Waals surface area (Å²) in [6, 6.07) is 8.79. The monoisotopic (exact) mass is 371 g/mol. The number of hydrogen-bond acceptors (Lipinski definition) is 3. The predicted octanol–water partition coefficient (Wildman–Crippen LogP) is 4.71. The molecule has 1 saturated heterocycles. The molecule has 5 heteroatoms. The van der Waals surface area contributed by atoms with Crippen LogP contribution >= 0.6 is 0 Å². The third-order valence-electron chi connectivity index (χ3n) is 6.71. The maximum Gasteiger partial charge on any atom is 0.321 e. The average Bonchev–Trinajstić information content (AvgIpc) is 3.09. The highest BCUT2D eigenvalue weighted by molar-refractivity contribution is 5.89. The van der Waals surface area contributed by atoms with E-state index < -0.39 is 0 Å². The molecule has 0 aromatic heterocycles. The van der Waals surface area contributed by atoms with Gasteiger partial charge in [-0.3, -0.25) is 0 Å². The van der Waals surface area contributed by atoms with Gasteiger partial charge in [-0.25, -0.2) is 4.79 Å². The highest BCUT2D eigenvalue weighted by Gasteiger charge is 2.41. The number of benzene rings is 1. The number of ether oxygens (including phenoxy) is 1. The second-order valence-electron chi connectivity index (χ2n) is 8.57. The maximum absolute atomic E-state index is 12.4. The zero-order valence-corrected chi connectivity index (χ0v) is 16.5. The SMILES string of the molecule is COC1C[C@H]2CC(Nc3ccc(NC(=O)N4CCCCCC4)cc3)C[C@H]2C1. The third-order valence-corrected chi connectivity index (χ3v) is 6.71. The number of likely N-dealkylation sites (tertiary alicyclic amines) is 1. The molecule has 1 aromatic carbocycles. The van der Waals surface area contributed by atoms with E-state index in [0.29, 0.717) is 12.1 Å². The van der Waals surface area contributed by atoms with Crippen molar-refractivity contribution in [1.29, 1.82) is 0 Å². The molecule has 2 amide bonds. The molecular formula is C22H33N3O2. The highest BCUT2D eigenvalue weighted by Crippen LogP contribution is 2.45. The summed E-state index contributed by atoms with van der Waals surface area (Å²) in [6.07, 6.45) is 10.1. The topological polar surface area (TPSA) is 53.6 Å². The first-order valence-electron chi connectivity index (χ1n) is 10.7. The number of fused-ring (bicyclic) bond motifs is 1. The van der Waals surface area contributed by atoms with E-state index in [1.165, 1.54) is 38.5 Å². The summed E-state index contributed by atoms with van der Waals surface area (Å²) in [5.41, 5.74) is 2.03. The van der Waals surface area contributed by atoms with Gasteiger partial charge in [0.2, 0.25) is 0 Å². The number of nitrogens with one attached hydrogen (secondary N) is 2. The summed E-state index contributed by atoms with van der Waals surface area (Å²) >= 11 is 0. The van der Waals surface area contributed by atoms with Crippen LogP contribution < -0.4 is 10.6 Å². The Balaban J connectivity index is 1.26. The summed E-state index contributed by atoms with van der Waals surface area (Å²) in [6.45, 7) is 1.75. The van der Waals surface area contributed by atoms with Gasteiger partial charge in [0.1, 0.15) is 0 Å². The Bertz CT molecular complexity index is 611. The van der Waals surface area contributed by atoms with Gasteiger partial charge < -0.3 is 20.3 Å². The smallest absolute Gasteiger partial charge is 0.321 e. The quantitative estimate of drug-likeness (QED) is 0.806. The van der Waals surface area contributed by atoms with E-state index in [-0.39, 0.29) is 6.03 Å². The number of methoxy groups -OCH3 is 1. The van der Waals surface area contributed by atoms with Crippen molar-refractivity contribution in [2.24, 2.45) is 11.8 Å². The standard InChI is InChI=1S/C22H33N3O2/c1-27-21-14-16-12-20(13-17(16)15-21)23-18-6-8-19(9-7-18)24-22(26)25-10-4-2-3-5-11-25/h6-9,16-17,20-21,23H,2-5,10-15H2,1H3,(H,24,26)/t16-,17+,20?,21?. The molecule has 2 N–H and O–H groups in total. The molecule has 148 valence electrons. The zero-order chi connectivity index (χ0) is 18.6. The minimum Gasteiger partial charge on any atom is -0.382 e. The van der Waals surface area contributed by atoms with Crippen LogP contribution in [-0.2, 0) is 4.74 Å². The molecule has 1 heterocycles. The molecule has 0 radical (unpaired) electrons. The first-order chi connectivity index (χ1) is 13.2. The fourth-order valence-corrected chi connectivity index (χ4v) is 5.23. The molecule has 2 aliphatic carbocycles. The summed E-state index contributed by atoms with van der Waals surface area (Å²) in [5.74, 6) is 1.64. The summed E-state index contributed by atoms with van der Waals surface area (Å²) < 4.78 is 5.54. The highest BCUT2D eigenvalue weighted by atomic mass is 16.5. The molecule has 4 atom stereocenters. The van der Waals surface area contributed by atoms with Crippen molar-refractivity contribution in [2.45, 2.75) is 63.5 Å². The molecule has 0 bridgehead atoms. The maximum atomic E-state index is 12.4. The second kappa shape index (κ2) is 8.51. The van der Waals surface area contributed by atoms with Crippen LogP contribution in [-0.4, -0.2) is 43.3 Å². The van der Waals surface area contributed by atoms with Gasteiger partial charge in [-0.15, -0.1) is 0 Å². The van der Waals surface area contributed by atoms with Crippen LogP contribution in [0.25, 0.3) is 0 Å². The molecule has 2 unspecified atom stereocenters. The fourth-order valence-electron chi connectivity index (χ4n) is 5.23. The van der Waals surface area contributed by atoms with Gasteiger partial charge in [0.05, 0.1) is 6.10 Å². The van der Waals surface area contributed by atoms with Gasteiger partial charge in [0.15, 0.2) is 0 Å². The molecule has 3 fully saturated rings. The number of carbonyl (C=O) groups excluding carboxylic acids is 1. The normalized spacial score (nSPS) is 30.6. The van der Waals surface area contributed by atoms with Crippen LogP contribution in [0.2, 0.25) is 0 Å². The lowest BCUT2D eigenvalue weighted by molar-refractivity contribution is 0.101. The Morgan fingerprint density at radius 1 is 0.926 bits per heavy atom. The zero-order valence-electron chi connectivity index (χ0n) is 16.5. The molecule has 3 aliphatic rings. The van der Waals surface area contributed by atoms with E-state index in [0.717, 1.165) is 49.1 Å². The minimum absolute atomic E-state index is 0.0360. The van der Waals surface area contributed by atoms with Gasteiger partial charge >= 0.3 is 6.03 Å². The van der Waals surface area contributed by atoms with Gasteiger partial charge in [-0.1, -0.05) is 12.8 Å². The Labute approximate surface area is 162 Å². The van der Waals surface area contributed by atoms with E-state index in [1.54, 1.807) is 0 Å². The number of urea groups is 1. The Kier molecular flexibility index (Phi) is 5.86. The number of nitrogens with zero attached hydrogens (tertiary/aromatic N) is 1. The average molecular weight is 372 g/mol. The predicted molar refractivity (Wildman–Crippen MR) is 109 cm³/mol. The first kappa shape index (κ1) is 18.6. The van der Waals surface area contributed by atoms with Crippen molar-refractivity contribution >= 4 is 17.4 Å². The van der Waals surface area contributed by atoms with Crippen LogP contribution in [0.15, 0.2) is 24.3 Å². The van der Waals surface area contributed by atoms with Crippen molar-refractivity contribution in [1.82, 2.24) is 4.90 Å². The lowest BCUT2D eigenvalue weighted by atomic mass is 10.0. The van der Waals surface area contributed by atoms with Gasteiger partial charge in [0, 0.05) is 37.6 Å². The number of anilines is 2. The van der Waals surface area contributed by atoms with Crippen molar-refractivity contribution in [3.63, 3.8) is 0 Å². The Morgan fingerprint density at radius 3 is 2.11 bits per heavy atom. The lowest BCUT2D eigenvalue weighted by Gasteiger charge is -2.21. The lowest BCUT2D eigenvalue weighted by Crippen LogP contribution is -2.35. The summed E-state index contributed by atoms with van der Waals surface area (Å²) in [4.78, 5) is 14.4. The molecule has 0 spiro atoms. The number of rotatable bonds is 4. The summed E-state index contributed by atoms with van der Waals surface area (Å²) in [5, 5.41) is 6.74. The largest absolute Gasteiger partial charge is 0.382 e. The van der Waals surface area contributed by atoms with Crippen molar-refractivity contribution < 1.29 is 9.53 Å². The van der Waals surface area contributed by atoms with Crippen molar-refractivity contribution in [3.05, 3.63) is 24.3 Å². The van der Waals surface area contributed by atoms with E-state index in [4.69, 9.17) is 4.74 Å². The number of carbonyl (C=O) groups is 1. The van der Waals surface area contributed by atoms with E-state index >= 15 is 0 Å². The van der Waals surface area contributed by atoms with E-state index in [9.17, 15) is 4.79 Å². The van der Waals surface area contributed by atoms with Crippen LogP contribution in [0.1, 0.15) is 51.4 Å². The van der Waals surface area contributed by atoms with Crippen molar-refractivity contribution in [3.8, 4) is 0 Å². The van der Waals surface area contributed by atoms with Crippen LogP contribution in [0.4, 0.5) is 16.2 Å². The molecule has 5 nitrogen and oxygen atoms in total. The molecule has 27 heavy (non-hydrogen) atoms. The number of hydrogen-bond donors (Lipinski definition) is 2. The van der Waals surface area contributed by atoms with Crippen molar-refractivity contribution in [2.75, 3.05) is 30.8 Å². The second-order valence-corrected chi connectivity index (χ2v) is 8.57. The number of amides is 2. The third kappa shape index (κ3) is 4.57. The molecule has 1 aromatic rings. The van der Waals surface area contributed by atoms with Gasteiger partial charge in [0.25, 0.3) is 0 Å². The molecule has 1 aliphatic heterocycles. The molecule has 2 saturated carbocycles. The van der Waals surface area contributed by atoms with Gasteiger partial charge in [-0.05, 0) is 74.6 Å². The van der Waals surface area contributed by atoms with Crippen LogP contribution in [0.3, 0.4) is 0 Å². The molecule has 4 rings (SSSR count). The first-order valence-corrected chi connectivity index (χ1v) is 10.7. The van der Waals surface area contributed by atoms with Gasteiger partial charge in [-0.2, -0.15) is 0 Å². The van der Waals surface area contributed by atoms with E-state index in [2.05, 4.69) is 22.8 Å². The summed E-state index contributed by atoms with van der Waals surface area (Å²) in [7, 11) is 1.84. The van der Waals surface area contributed by atoms with Crippen LogP contribution in [0, 0.1) is 11.8 Å². The van der Waals surface area contributed by atoms with E-state index in [1.807, 2.05) is 24.1 Å². The Hall–Kier alpha value is -1.75. The van der Waals surface area contributed by atoms with Crippen LogP contribution in [0.5, 0.6) is 0 Å². The fraction of sp³-hybridized carbons (Fsp3) is 0.682. The minimum atomic E-state index is 0.0360.